The highest BCUT2D eigenvalue weighted by molar-refractivity contribution is 5.18. The van der Waals surface area contributed by atoms with Crippen LogP contribution in [0.2, 0.25) is 0 Å². The van der Waals surface area contributed by atoms with Crippen molar-refractivity contribution in [3.8, 4) is 0 Å². The SMILES string of the molecule is CC(C)=CCNCCC(C)c1ccccc1. The van der Waals surface area contributed by atoms with Crippen LogP contribution in [-0.2, 0) is 0 Å². The summed E-state index contributed by atoms with van der Waals surface area (Å²) in [4.78, 5) is 0. The third kappa shape index (κ3) is 5.13. The Bertz CT molecular complexity index is 309. The van der Waals surface area contributed by atoms with Gasteiger partial charge in [0.25, 0.3) is 0 Å². The van der Waals surface area contributed by atoms with Crippen molar-refractivity contribution in [2.45, 2.75) is 33.1 Å². The van der Waals surface area contributed by atoms with Gasteiger partial charge in [0.1, 0.15) is 0 Å². The van der Waals surface area contributed by atoms with Gasteiger partial charge in [-0.15, -0.1) is 0 Å². The smallest absolute Gasteiger partial charge is 0.0137 e. The zero-order chi connectivity index (χ0) is 11.8. The Labute approximate surface area is 99.6 Å². The molecular formula is C15H23N. The van der Waals surface area contributed by atoms with Gasteiger partial charge < -0.3 is 5.32 Å². The molecule has 1 N–H and O–H groups in total. The molecule has 0 spiro atoms. The first-order valence-electron chi connectivity index (χ1n) is 6.09. The second kappa shape index (κ2) is 7.24. The monoisotopic (exact) mass is 217 g/mol. The quantitative estimate of drug-likeness (QED) is 0.565. The Hall–Kier alpha value is -1.08. The van der Waals surface area contributed by atoms with Gasteiger partial charge in [0.2, 0.25) is 0 Å². The molecule has 0 fully saturated rings. The third-order valence-electron chi connectivity index (χ3n) is 2.78. The van der Waals surface area contributed by atoms with Gasteiger partial charge in [0, 0.05) is 6.54 Å². The first kappa shape index (κ1) is 13.0. The summed E-state index contributed by atoms with van der Waals surface area (Å²) in [6, 6.07) is 10.7. The van der Waals surface area contributed by atoms with Gasteiger partial charge in [0.15, 0.2) is 0 Å². The van der Waals surface area contributed by atoms with Crippen LogP contribution in [0.15, 0.2) is 42.0 Å². The normalized spacial score (nSPS) is 12.2. The number of rotatable bonds is 6. The average molecular weight is 217 g/mol. The summed E-state index contributed by atoms with van der Waals surface area (Å²) in [5.41, 5.74) is 2.81. The van der Waals surface area contributed by atoms with Gasteiger partial charge >= 0.3 is 0 Å². The van der Waals surface area contributed by atoms with Crippen molar-refractivity contribution in [1.82, 2.24) is 5.32 Å². The minimum absolute atomic E-state index is 0.639. The van der Waals surface area contributed by atoms with Gasteiger partial charge in [0.05, 0.1) is 0 Å². The fraction of sp³-hybridized carbons (Fsp3) is 0.467. The van der Waals surface area contributed by atoms with E-state index in [4.69, 9.17) is 0 Å². The van der Waals surface area contributed by atoms with Crippen molar-refractivity contribution < 1.29 is 0 Å². The van der Waals surface area contributed by atoms with Crippen LogP contribution in [0.3, 0.4) is 0 Å². The molecule has 0 bridgehead atoms. The summed E-state index contributed by atoms with van der Waals surface area (Å²) < 4.78 is 0. The summed E-state index contributed by atoms with van der Waals surface area (Å²) >= 11 is 0. The molecule has 0 aromatic heterocycles. The molecule has 0 aliphatic rings. The van der Waals surface area contributed by atoms with E-state index in [1.54, 1.807) is 0 Å². The molecule has 1 heteroatoms. The van der Waals surface area contributed by atoms with Crippen molar-refractivity contribution >= 4 is 0 Å². The lowest BCUT2D eigenvalue weighted by Gasteiger charge is -2.11. The Kier molecular flexibility index (Phi) is 5.87. The predicted molar refractivity (Wildman–Crippen MR) is 71.8 cm³/mol. The molecule has 0 radical (unpaired) electrons. The van der Waals surface area contributed by atoms with E-state index < -0.39 is 0 Å². The van der Waals surface area contributed by atoms with Crippen LogP contribution in [0.25, 0.3) is 0 Å². The average Bonchev–Trinajstić information content (AvgIpc) is 2.29. The van der Waals surface area contributed by atoms with E-state index in [2.05, 4.69) is 62.5 Å². The van der Waals surface area contributed by atoms with Crippen LogP contribution in [0.4, 0.5) is 0 Å². The third-order valence-corrected chi connectivity index (χ3v) is 2.78. The first-order chi connectivity index (χ1) is 7.70. The molecule has 0 saturated heterocycles. The highest BCUT2D eigenvalue weighted by Gasteiger charge is 2.03. The van der Waals surface area contributed by atoms with E-state index in [9.17, 15) is 0 Å². The largest absolute Gasteiger partial charge is 0.313 e. The van der Waals surface area contributed by atoms with E-state index in [0.29, 0.717) is 5.92 Å². The molecule has 88 valence electrons. The van der Waals surface area contributed by atoms with Crippen molar-refractivity contribution in [3.63, 3.8) is 0 Å². The molecular weight excluding hydrogens is 194 g/mol. The minimum Gasteiger partial charge on any atom is -0.313 e. The number of hydrogen-bond acceptors (Lipinski definition) is 1. The second-order valence-corrected chi connectivity index (χ2v) is 4.59. The molecule has 1 rings (SSSR count). The zero-order valence-corrected chi connectivity index (χ0v) is 10.7. The molecule has 0 heterocycles. The fourth-order valence-electron chi connectivity index (χ4n) is 1.65. The molecule has 1 nitrogen and oxygen atoms in total. The van der Waals surface area contributed by atoms with Crippen LogP contribution >= 0.6 is 0 Å². The molecule has 0 aliphatic heterocycles. The van der Waals surface area contributed by atoms with Gasteiger partial charge in [-0.1, -0.05) is 48.9 Å². The van der Waals surface area contributed by atoms with E-state index in [1.807, 2.05) is 0 Å². The van der Waals surface area contributed by atoms with Crippen molar-refractivity contribution in [2.75, 3.05) is 13.1 Å². The maximum atomic E-state index is 3.44. The van der Waals surface area contributed by atoms with Crippen molar-refractivity contribution in [1.29, 1.82) is 0 Å². The fourth-order valence-corrected chi connectivity index (χ4v) is 1.65. The van der Waals surface area contributed by atoms with E-state index >= 15 is 0 Å². The molecule has 0 aliphatic carbocycles. The Balaban J connectivity index is 2.21. The predicted octanol–water partition coefficient (Wildman–Crippen LogP) is 3.74. The zero-order valence-electron chi connectivity index (χ0n) is 10.7. The standard InChI is InChI=1S/C15H23N/c1-13(2)9-11-16-12-10-14(3)15-7-5-4-6-8-15/h4-9,14,16H,10-12H2,1-3H3. The summed E-state index contributed by atoms with van der Waals surface area (Å²) in [5, 5.41) is 3.44. The van der Waals surface area contributed by atoms with Crippen LogP contribution in [0.5, 0.6) is 0 Å². The Morgan fingerprint density at radius 1 is 1.25 bits per heavy atom. The Morgan fingerprint density at radius 3 is 2.56 bits per heavy atom. The summed E-state index contributed by atoms with van der Waals surface area (Å²) in [7, 11) is 0. The topological polar surface area (TPSA) is 12.0 Å². The van der Waals surface area contributed by atoms with Gasteiger partial charge in [-0.25, -0.2) is 0 Å². The maximum absolute atomic E-state index is 3.44. The highest BCUT2D eigenvalue weighted by atomic mass is 14.8. The number of benzene rings is 1. The molecule has 1 aromatic carbocycles. The highest BCUT2D eigenvalue weighted by Crippen LogP contribution is 2.17. The molecule has 0 saturated carbocycles. The minimum atomic E-state index is 0.639. The van der Waals surface area contributed by atoms with Crippen LogP contribution < -0.4 is 5.32 Å². The molecule has 1 unspecified atom stereocenters. The summed E-state index contributed by atoms with van der Waals surface area (Å²) in [6.45, 7) is 8.63. The van der Waals surface area contributed by atoms with E-state index in [-0.39, 0.29) is 0 Å². The van der Waals surface area contributed by atoms with Crippen LogP contribution in [0, 0.1) is 0 Å². The molecule has 1 aromatic rings. The lowest BCUT2D eigenvalue weighted by atomic mass is 9.98. The number of hydrogen-bond donors (Lipinski definition) is 1. The van der Waals surface area contributed by atoms with Crippen molar-refractivity contribution in [3.05, 3.63) is 47.5 Å². The first-order valence-corrected chi connectivity index (χ1v) is 6.09. The van der Waals surface area contributed by atoms with E-state index in [0.717, 1.165) is 13.1 Å². The molecule has 16 heavy (non-hydrogen) atoms. The molecule has 0 amide bonds. The second-order valence-electron chi connectivity index (χ2n) is 4.59. The van der Waals surface area contributed by atoms with Crippen LogP contribution in [-0.4, -0.2) is 13.1 Å². The molecule has 1 atom stereocenters. The number of nitrogens with one attached hydrogen (secondary N) is 1. The summed E-state index contributed by atoms with van der Waals surface area (Å²) in [6.07, 6.45) is 3.42. The Morgan fingerprint density at radius 2 is 1.94 bits per heavy atom. The maximum Gasteiger partial charge on any atom is 0.0137 e. The van der Waals surface area contributed by atoms with Crippen molar-refractivity contribution in [2.24, 2.45) is 0 Å². The van der Waals surface area contributed by atoms with Gasteiger partial charge in [-0.05, 0) is 38.3 Å². The van der Waals surface area contributed by atoms with Crippen LogP contribution in [0.1, 0.15) is 38.7 Å². The number of allylic oxidation sites excluding steroid dienone is 1. The summed E-state index contributed by atoms with van der Waals surface area (Å²) in [5.74, 6) is 0.639. The lowest BCUT2D eigenvalue weighted by molar-refractivity contribution is 0.619. The lowest BCUT2D eigenvalue weighted by Crippen LogP contribution is -2.17. The van der Waals surface area contributed by atoms with Gasteiger partial charge in [-0.3, -0.25) is 0 Å². The van der Waals surface area contributed by atoms with E-state index in [1.165, 1.54) is 17.6 Å². The van der Waals surface area contributed by atoms with Gasteiger partial charge in [-0.2, -0.15) is 0 Å².